The number of aliphatic hydroxyl groups is 2. The molecule has 0 amide bonds. The fourth-order valence-electron chi connectivity index (χ4n) is 0.553. The van der Waals surface area contributed by atoms with Gasteiger partial charge in [-0.15, -0.1) is 0 Å². The van der Waals surface area contributed by atoms with Gasteiger partial charge in [-0.25, -0.2) is 0 Å². The SMILES string of the molecule is CC(C)(C)O.CCC(C)(C)[N]=[Nb].OC(C(F)(F)F)(C(F)(F)F)C(F)(F)F.[CH3-]. The Labute approximate surface area is 165 Å². The van der Waals surface area contributed by atoms with Gasteiger partial charge in [0.25, 0.3) is 0 Å². The number of halogens is 9. The molecule has 0 fully saturated rings. The maximum atomic E-state index is 11.4. The Morgan fingerprint density at radius 3 is 0.889 bits per heavy atom. The summed E-state index contributed by atoms with van der Waals surface area (Å²) in [6.45, 7) is 11.7. The number of hydrogen-bond donors (Lipinski definition) is 2. The maximum absolute atomic E-state index is 11.4. The number of hydrogen-bond acceptors (Lipinski definition) is 3. The predicted octanol–water partition coefficient (Wildman–Crippen LogP) is 5.54. The van der Waals surface area contributed by atoms with Crippen molar-refractivity contribution in [2.75, 3.05) is 0 Å². The van der Waals surface area contributed by atoms with E-state index in [2.05, 4.69) is 24.1 Å². The van der Waals surface area contributed by atoms with E-state index in [4.69, 9.17) is 10.2 Å². The van der Waals surface area contributed by atoms with Crippen LogP contribution in [-0.4, -0.2) is 45.5 Å². The molecule has 0 aliphatic heterocycles. The summed E-state index contributed by atoms with van der Waals surface area (Å²) in [7, 11) is 0. The van der Waals surface area contributed by atoms with Crippen molar-refractivity contribution in [3.8, 4) is 0 Å². The average Bonchev–Trinajstić information content (AvgIpc) is 2.32. The van der Waals surface area contributed by atoms with Crippen LogP contribution < -0.4 is 0 Å². The molecule has 2 N–H and O–H groups in total. The quantitative estimate of drug-likeness (QED) is 0.296. The van der Waals surface area contributed by atoms with Gasteiger partial charge in [0, 0.05) is 0 Å². The fraction of sp³-hybridized carbons (Fsp3) is 0.929. The molecule has 0 saturated carbocycles. The van der Waals surface area contributed by atoms with Crippen molar-refractivity contribution in [1.29, 1.82) is 0 Å². The zero-order valence-electron chi connectivity index (χ0n) is 15.9. The molecule has 3 nitrogen and oxygen atoms in total. The predicted molar refractivity (Wildman–Crippen MR) is 78.3 cm³/mol. The monoisotopic (exact) mass is 503 g/mol. The average molecular weight is 503 g/mol. The fourth-order valence-corrected chi connectivity index (χ4v) is 0.900. The van der Waals surface area contributed by atoms with Crippen molar-refractivity contribution in [3.05, 3.63) is 7.43 Å². The second-order valence-electron chi connectivity index (χ2n) is 6.64. The molecular weight excluding hydrogens is 478 g/mol. The van der Waals surface area contributed by atoms with Gasteiger partial charge in [0.15, 0.2) is 0 Å². The minimum absolute atomic E-state index is 0. The maximum Gasteiger partial charge on any atom is 0.435 e. The van der Waals surface area contributed by atoms with Gasteiger partial charge in [-0.1, -0.05) is 0 Å². The topological polar surface area (TPSA) is 52.8 Å². The molecular formula is C14H25F9NNbO2-. The molecule has 0 aromatic carbocycles. The summed E-state index contributed by atoms with van der Waals surface area (Å²) in [5.74, 6) is 0. The van der Waals surface area contributed by atoms with Crippen LogP contribution in [0.25, 0.3) is 0 Å². The molecule has 13 heteroatoms. The molecule has 0 rings (SSSR count). The summed E-state index contributed by atoms with van der Waals surface area (Å²) in [4.78, 5) is 0. The van der Waals surface area contributed by atoms with Crippen molar-refractivity contribution in [2.24, 2.45) is 3.34 Å². The van der Waals surface area contributed by atoms with Gasteiger partial charge in [-0.2, -0.15) is 39.5 Å². The van der Waals surface area contributed by atoms with E-state index in [-0.39, 0.29) is 13.0 Å². The molecule has 0 saturated heterocycles. The zero-order valence-corrected chi connectivity index (χ0v) is 18.1. The molecule has 0 aliphatic rings. The van der Waals surface area contributed by atoms with Crippen LogP contribution in [0.15, 0.2) is 3.34 Å². The van der Waals surface area contributed by atoms with Crippen LogP contribution in [0, 0.1) is 7.43 Å². The molecule has 0 heterocycles. The minimum atomic E-state index is -6.87. The van der Waals surface area contributed by atoms with E-state index < -0.39 is 29.7 Å². The Kier molecular flexibility index (Phi) is 14.2. The third-order valence-corrected chi connectivity index (χ3v) is 3.70. The Morgan fingerprint density at radius 2 is 0.889 bits per heavy atom. The van der Waals surface area contributed by atoms with Crippen LogP contribution in [0.5, 0.6) is 0 Å². The third-order valence-electron chi connectivity index (χ3n) is 2.37. The van der Waals surface area contributed by atoms with Gasteiger partial charge in [0.05, 0.1) is 5.60 Å². The Hall–Kier alpha value is -0.170. The molecule has 0 aromatic rings. The van der Waals surface area contributed by atoms with Crippen LogP contribution in [0.2, 0.25) is 0 Å². The van der Waals surface area contributed by atoms with Gasteiger partial charge in [0.2, 0.25) is 0 Å². The molecule has 0 radical (unpaired) electrons. The molecule has 0 unspecified atom stereocenters. The first-order chi connectivity index (χ1) is 10.9. The first-order valence-electron chi connectivity index (χ1n) is 6.88. The van der Waals surface area contributed by atoms with Crippen LogP contribution in [-0.2, 0) is 20.9 Å². The normalized spacial score (nSPS) is 13.3. The van der Waals surface area contributed by atoms with Gasteiger partial charge in [-0.05, 0) is 20.8 Å². The summed E-state index contributed by atoms with van der Waals surface area (Å²) in [5.41, 5.74) is -6.96. The summed E-state index contributed by atoms with van der Waals surface area (Å²) < 4.78 is 107. The molecule has 0 bridgehead atoms. The summed E-state index contributed by atoms with van der Waals surface area (Å²) in [6.07, 6.45) is -19.5. The molecule has 0 aromatic heterocycles. The van der Waals surface area contributed by atoms with Crippen molar-refractivity contribution in [2.45, 2.75) is 83.2 Å². The molecule has 0 atom stereocenters. The summed E-state index contributed by atoms with van der Waals surface area (Å²) >= 11 is 1.55. The largest absolute Gasteiger partial charge is 0.435 e. The molecule has 167 valence electrons. The minimum Gasteiger partial charge on any atom is -0.367 e. The van der Waals surface area contributed by atoms with Crippen LogP contribution >= 0.6 is 0 Å². The van der Waals surface area contributed by atoms with Crippen molar-refractivity contribution >= 4 is 0 Å². The Balaban J connectivity index is -0.000000170. The third kappa shape index (κ3) is 13.6. The van der Waals surface area contributed by atoms with Gasteiger partial charge < -0.3 is 17.6 Å². The van der Waals surface area contributed by atoms with E-state index in [1.807, 2.05) is 0 Å². The second kappa shape index (κ2) is 11.1. The van der Waals surface area contributed by atoms with E-state index in [1.165, 1.54) is 0 Å². The number of alkyl halides is 9. The van der Waals surface area contributed by atoms with Gasteiger partial charge in [-0.3, -0.25) is 0 Å². The molecule has 27 heavy (non-hydrogen) atoms. The number of rotatable bonds is 2. The van der Waals surface area contributed by atoms with Gasteiger partial charge >= 0.3 is 81.1 Å². The van der Waals surface area contributed by atoms with Crippen LogP contribution in [0.3, 0.4) is 0 Å². The second-order valence-corrected chi connectivity index (χ2v) is 7.13. The summed E-state index contributed by atoms with van der Waals surface area (Å²) in [6, 6.07) is 0. The van der Waals surface area contributed by atoms with E-state index in [0.29, 0.717) is 0 Å². The first kappa shape index (κ1) is 34.3. The van der Waals surface area contributed by atoms with Crippen molar-refractivity contribution in [1.82, 2.24) is 0 Å². The Bertz CT molecular complexity index is 382. The standard InChI is InChI=1S/C5H11N.C4HF9O.C4H10O.CH3.Nb/c1-4-5(2,3)6;5-2(6,7)1(14,3(8,9)10)4(11,12)13;1-4(2,3)5;;/h4H2,1-3H3;14H;5H,1-3H3;1H3;/q;;;-1;. The zero-order chi connectivity index (χ0) is 22.4. The number of nitrogens with zero attached hydrogens (tertiary/aromatic N) is 1. The molecule has 0 aliphatic carbocycles. The first-order valence-corrected chi connectivity index (χ1v) is 7.87. The van der Waals surface area contributed by atoms with E-state index >= 15 is 0 Å². The smallest absolute Gasteiger partial charge is 0.367 e. The molecule has 0 spiro atoms. The van der Waals surface area contributed by atoms with Crippen molar-refractivity contribution in [3.63, 3.8) is 0 Å². The van der Waals surface area contributed by atoms with E-state index in [1.54, 1.807) is 41.7 Å². The van der Waals surface area contributed by atoms with Crippen LogP contribution in [0.1, 0.15) is 48.0 Å². The summed E-state index contributed by atoms with van der Waals surface area (Å²) in [5, 5.41) is 16.2. The van der Waals surface area contributed by atoms with Gasteiger partial charge in [0.1, 0.15) is 0 Å². The Morgan fingerprint density at radius 1 is 0.704 bits per heavy atom. The van der Waals surface area contributed by atoms with Crippen molar-refractivity contribution < 1.29 is 70.6 Å². The van der Waals surface area contributed by atoms with E-state index in [0.717, 1.165) is 6.42 Å². The van der Waals surface area contributed by atoms with Crippen LogP contribution in [0.4, 0.5) is 39.5 Å². The van der Waals surface area contributed by atoms with E-state index in [9.17, 15) is 39.5 Å².